The molecule has 7 heteroatoms. The topological polar surface area (TPSA) is 78.2 Å². The van der Waals surface area contributed by atoms with Crippen molar-refractivity contribution in [2.75, 3.05) is 11.9 Å². The van der Waals surface area contributed by atoms with Crippen molar-refractivity contribution in [1.82, 2.24) is 14.3 Å². The van der Waals surface area contributed by atoms with Gasteiger partial charge in [0.15, 0.2) is 0 Å². The largest absolute Gasteiger partial charge is 0.492 e. The van der Waals surface area contributed by atoms with Crippen LogP contribution in [-0.2, 0) is 11.3 Å². The molecule has 4 aromatic rings. The molecule has 0 saturated carbocycles. The van der Waals surface area contributed by atoms with E-state index in [4.69, 9.17) is 4.74 Å². The van der Waals surface area contributed by atoms with Crippen LogP contribution in [0.5, 0.6) is 5.75 Å². The molecule has 2 aromatic carbocycles. The van der Waals surface area contributed by atoms with Crippen LogP contribution in [0.1, 0.15) is 18.2 Å². The maximum Gasteiger partial charge on any atom is 0.252 e. The third-order valence-electron chi connectivity index (χ3n) is 5.06. The first kappa shape index (κ1) is 20.4. The third-order valence-corrected chi connectivity index (χ3v) is 5.06. The van der Waals surface area contributed by atoms with E-state index in [9.17, 15) is 9.59 Å². The second-order valence-electron chi connectivity index (χ2n) is 7.26. The summed E-state index contributed by atoms with van der Waals surface area (Å²) >= 11 is 0. The fraction of sp³-hybridized carbons (Fsp3) is 0.208. The Morgan fingerprint density at radius 3 is 2.52 bits per heavy atom. The third kappa shape index (κ3) is 3.94. The van der Waals surface area contributed by atoms with Gasteiger partial charge in [0.05, 0.1) is 23.7 Å². The van der Waals surface area contributed by atoms with Crippen molar-refractivity contribution >= 4 is 22.6 Å². The van der Waals surface area contributed by atoms with E-state index in [0.29, 0.717) is 23.7 Å². The lowest BCUT2D eigenvalue weighted by Gasteiger charge is -2.14. The average molecular weight is 416 g/mol. The van der Waals surface area contributed by atoms with E-state index in [0.717, 1.165) is 22.3 Å². The van der Waals surface area contributed by atoms with Crippen LogP contribution in [0.3, 0.4) is 0 Å². The van der Waals surface area contributed by atoms with E-state index in [2.05, 4.69) is 10.4 Å². The minimum Gasteiger partial charge on any atom is -0.492 e. The second-order valence-corrected chi connectivity index (χ2v) is 7.26. The molecule has 31 heavy (non-hydrogen) atoms. The molecular weight excluding hydrogens is 392 g/mol. The molecule has 0 saturated heterocycles. The van der Waals surface area contributed by atoms with Gasteiger partial charge in [-0.15, -0.1) is 0 Å². The number of aryl methyl sites for hydroxylation is 2. The number of para-hydroxylation sites is 3. The summed E-state index contributed by atoms with van der Waals surface area (Å²) in [6.07, 6.45) is 0. The van der Waals surface area contributed by atoms with Gasteiger partial charge in [0.1, 0.15) is 17.9 Å². The van der Waals surface area contributed by atoms with Gasteiger partial charge in [0, 0.05) is 11.5 Å². The molecule has 1 amide bonds. The molecule has 0 radical (unpaired) electrons. The second kappa shape index (κ2) is 8.47. The highest BCUT2D eigenvalue weighted by Gasteiger charge is 2.19. The number of fused-ring (bicyclic) bond motifs is 1. The van der Waals surface area contributed by atoms with Crippen molar-refractivity contribution in [3.05, 3.63) is 82.3 Å². The number of carbonyl (C=O) groups excluding carboxylic acids is 1. The summed E-state index contributed by atoms with van der Waals surface area (Å²) in [5.41, 5.74) is 3.36. The van der Waals surface area contributed by atoms with Crippen molar-refractivity contribution < 1.29 is 9.53 Å². The Hall–Kier alpha value is -3.87. The first-order valence-corrected chi connectivity index (χ1v) is 10.2. The number of hydrogen-bond donors (Lipinski definition) is 1. The van der Waals surface area contributed by atoms with E-state index in [1.54, 1.807) is 22.9 Å². The number of carbonyl (C=O) groups is 1. The lowest BCUT2D eigenvalue weighted by molar-refractivity contribution is -0.116. The number of amides is 1. The van der Waals surface area contributed by atoms with Gasteiger partial charge in [-0.3, -0.25) is 14.2 Å². The minimum atomic E-state index is -0.321. The van der Waals surface area contributed by atoms with Crippen LogP contribution in [0.15, 0.2) is 65.5 Å². The molecule has 0 bridgehead atoms. The van der Waals surface area contributed by atoms with Gasteiger partial charge in [-0.2, -0.15) is 5.10 Å². The lowest BCUT2D eigenvalue weighted by Crippen LogP contribution is -2.29. The Balaban J connectivity index is 1.78. The van der Waals surface area contributed by atoms with Crippen molar-refractivity contribution in [2.45, 2.75) is 27.3 Å². The SMILES string of the molecule is CCOc1ccccc1NC(=O)Cn1c(=O)cc(C)c2c(C)nn(-c3ccccc3)c21. The highest BCUT2D eigenvalue weighted by molar-refractivity contribution is 5.93. The fourth-order valence-electron chi connectivity index (χ4n) is 3.75. The zero-order valence-corrected chi connectivity index (χ0v) is 17.8. The number of ether oxygens (including phenoxy) is 1. The molecule has 2 aromatic heterocycles. The van der Waals surface area contributed by atoms with Crippen molar-refractivity contribution in [3.8, 4) is 11.4 Å². The Bertz CT molecular complexity index is 1310. The Kier molecular flexibility index (Phi) is 5.58. The molecule has 1 N–H and O–H groups in total. The Morgan fingerprint density at radius 1 is 1.06 bits per heavy atom. The van der Waals surface area contributed by atoms with Crippen LogP contribution in [0.25, 0.3) is 16.7 Å². The van der Waals surface area contributed by atoms with Gasteiger partial charge in [-0.05, 0) is 50.6 Å². The highest BCUT2D eigenvalue weighted by atomic mass is 16.5. The van der Waals surface area contributed by atoms with E-state index in [-0.39, 0.29) is 18.0 Å². The van der Waals surface area contributed by atoms with Gasteiger partial charge in [-0.1, -0.05) is 30.3 Å². The predicted octanol–water partition coefficient (Wildman–Crippen LogP) is 3.84. The molecule has 0 spiro atoms. The van der Waals surface area contributed by atoms with Gasteiger partial charge < -0.3 is 10.1 Å². The smallest absolute Gasteiger partial charge is 0.252 e. The van der Waals surface area contributed by atoms with Gasteiger partial charge in [0.2, 0.25) is 5.91 Å². The lowest BCUT2D eigenvalue weighted by atomic mass is 10.1. The van der Waals surface area contributed by atoms with E-state index < -0.39 is 0 Å². The summed E-state index contributed by atoms with van der Waals surface area (Å²) in [6, 6.07) is 18.4. The molecule has 7 nitrogen and oxygen atoms in total. The summed E-state index contributed by atoms with van der Waals surface area (Å²) in [7, 11) is 0. The van der Waals surface area contributed by atoms with Crippen LogP contribution in [0.4, 0.5) is 5.69 Å². The van der Waals surface area contributed by atoms with Crippen molar-refractivity contribution in [1.29, 1.82) is 0 Å². The van der Waals surface area contributed by atoms with Crippen molar-refractivity contribution in [2.24, 2.45) is 0 Å². The molecule has 0 fully saturated rings. The van der Waals surface area contributed by atoms with Crippen molar-refractivity contribution in [3.63, 3.8) is 0 Å². The zero-order chi connectivity index (χ0) is 22.0. The predicted molar refractivity (Wildman–Crippen MR) is 121 cm³/mol. The fourth-order valence-corrected chi connectivity index (χ4v) is 3.75. The molecule has 0 aliphatic carbocycles. The number of benzene rings is 2. The summed E-state index contributed by atoms with van der Waals surface area (Å²) < 4.78 is 8.77. The average Bonchev–Trinajstić information content (AvgIpc) is 3.11. The van der Waals surface area contributed by atoms with Crippen LogP contribution in [0.2, 0.25) is 0 Å². The number of nitrogens with zero attached hydrogens (tertiary/aromatic N) is 3. The quantitative estimate of drug-likeness (QED) is 0.518. The minimum absolute atomic E-state index is 0.145. The van der Waals surface area contributed by atoms with Gasteiger partial charge in [0.25, 0.3) is 5.56 Å². The molecule has 0 atom stereocenters. The highest BCUT2D eigenvalue weighted by Crippen LogP contribution is 2.25. The van der Waals surface area contributed by atoms with E-state index >= 15 is 0 Å². The summed E-state index contributed by atoms with van der Waals surface area (Å²) in [4.78, 5) is 25.8. The molecular formula is C24H24N4O3. The summed E-state index contributed by atoms with van der Waals surface area (Å²) in [5.74, 6) is 0.266. The Labute approximate surface area is 179 Å². The molecule has 2 heterocycles. The monoisotopic (exact) mass is 416 g/mol. The zero-order valence-electron chi connectivity index (χ0n) is 17.8. The molecule has 158 valence electrons. The Morgan fingerprint density at radius 2 is 1.77 bits per heavy atom. The van der Waals surface area contributed by atoms with Crippen LogP contribution in [-0.4, -0.2) is 26.9 Å². The first-order chi connectivity index (χ1) is 15.0. The van der Waals surface area contributed by atoms with Crippen LogP contribution >= 0.6 is 0 Å². The maximum absolute atomic E-state index is 12.9. The normalized spacial score (nSPS) is 10.9. The van der Waals surface area contributed by atoms with Gasteiger partial charge in [-0.25, -0.2) is 4.68 Å². The van der Waals surface area contributed by atoms with Crippen LogP contribution < -0.4 is 15.6 Å². The number of aromatic nitrogens is 3. The molecule has 0 unspecified atom stereocenters. The first-order valence-electron chi connectivity index (χ1n) is 10.2. The number of nitrogens with one attached hydrogen (secondary N) is 1. The number of anilines is 1. The maximum atomic E-state index is 12.9. The number of hydrogen-bond acceptors (Lipinski definition) is 4. The molecule has 0 aliphatic rings. The van der Waals surface area contributed by atoms with E-state index in [1.807, 2.05) is 63.2 Å². The van der Waals surface area contributed by atoms with Crippen LogP contribution in [0, 0.1) is 13.8 Å². The molecule has 4 rings (SSSR count). The summed E-state index contributed by atoms with van der Waals surface area (Å²) in [5, 5.41) is 8.39. The number of rotatable bonds is 6. The van der Waals surface area contributed by atoms with E-state index in [1.165, 1.54) is 4.57 Å². The standard InChI is InChI=1S/C24H24N4O3/c1-4-31-20-13-9-8-12-19(20)25-21(29)15-27-22(30)14-16(2)23-17(3)26-28(24(23)27)18-10-6-5-7-11-18/h5-14H,4,15H2,1-3H3,(H,25,29). The molecule has 0 aliphatic heterocycles. The van der Waals surface area contributed by atoms with Gasteiger partial charge >= 0.3 is 0 Å². The summed E-state index contributed by atoms with van der Waals surface area (Å²) in [6.45, 7) is 6.02. The number of pyridine rings is 1.